The van der Waals surface area contributed by atoms with E-state index in [2.05, 4.69) is 13.0 Å². The molecular weight excluding hydrogens is 278 g/mol. The molecule has 0 radical (unpaired) electrons. The molecule has 2 aromatic rings. The molecule has 2 rings (SSSR count). The van der Waals surface area contributed by atoms with Crippen molar-refractivity contribution in [1.82, 2.24) is 4.57 Å². The van der Waals surface area contributed by atoms with Crippen LogP contribution in [0.2, 0.25) is 0 Å². The lowest BCUT2D eigenvalue weighted by molar-refractivity contribution is 0.400. The third kappa shape index (κ3) is 3.53. The quantitative estimate of drug-likeness (QED) is 0.786. The highest BCUT2D eigenvalue weighted by Crippen LogP contribution is 2.32. The molecule has 5 nitrogen and oxygen atoms in total. The van der Waals surface area contributed by atoms with E-state index in [9.17, 15) is 5.26 Å². The van der Waals surface area contributed by atoms with Crippen molar-refractivity contribution in [2.75, 3.05) is 12.8 Å². The van der Waals surface area contributed by atoms with E-state index in [1.54, 1.807) is 19.2 Å². The molecule has 0 aliphatic carbocycles. The number of hydrogen-bond acceptors (Lipinski definition) is 4. The molecule has 22 heavy (non-hydrogen) atoms. The minimum atomic E-state index is 0.468. The molecule has 116 valence electrons. The number of nitrogens with zero attached hydrogens (tertiary/aromatic N) is 2. The zero-order valence-corrected chi connectivity index (χ0v) is 13.0. The fourth-order valence-electron chi connectivity index (χ4n) is 2.28. The Morgan fingerprint density at radius 2 is 2.00 bits per heavy atom. The summed E-state index contributed by atoms with van der Waals surface area (Å²) in [5, 5.41) is 9.26. The van der Waals surface area contributed by atoms with Crippen molar-refractivity contribution in [2.24, 2.45) is 0 Å². The second-order valence-corrected chi connectivity index (χ2v) is 5.04. The highest BCUT2D eigenvalue weighted by atomic mass is 16.5. The summed E-state index contributed by atoms with van der Waals surface area (Å²) in [6.07, 6.45) is 3.19. The number of unbranched alkanes of at least 4 members (excludes halogenated alkanes) is 2. The number of anilines is 1. The number of rotatable bonds is 7. The van der Waals surface area contributed by atoms with Crippen molar-refractivity contribution < 1.29 is 9.47 Å². The van der Waals surface area contributed by atoms with Crippen LogP contribution < -0.4 is 15.2 Å². The summed E-state index contributed by atoms with van der Waals surface area (Å²) in [6.45, 7) is 2.86. The monoisotopic (exact) mass is 299 g/mol. The van der Waals surface area contributed by atoms with Crippen molar-refractivity contribution in [3.63, 3.8) is 0 Å². The molecule has 0 atom stereocenters. The van der Waals surface area contributed by atoms with Crippen LogP contribution in [0.25, 0.3) is 0 Å². The summed E-state index contributed by atoms with van der Waals surface area (Å²) in [5.74, 6) is 1.85. The number of methoxy groups -OCH3 is 1. The topological polar surface area (TPSA) is 73.2 Å². The van der Waals surface area contributed by atoms with Gasteiger partial charge in [-0.15, -0.1) is 0 Å². The summed E-state index contributed by atoms with van der Waals surface area (Å²) < 4.78 is 12.9. The van der Waals surface area contributed by atoms with Gasteiger partial charge < -0.3 is 19.8 Å². The molecule has 0 saturated heterocycles. The van der Waals surface area contributed by atoms with Gasteiger partial charge in [0.2, 0.25) is 5.88 Å². The van der Waals surface area contributed by atoms with E-state index in [1.165, 1.54) is 0 Å². The van der Waals surface area contributed by atoms with E-state index in [-0.39, 0.29) is 0 Å². The van der Waals surface area contributed by atoms with Crippen LogP contribution in [0, 0.1) is 11.3 Å². The van der Waals surface area contributed by atoms with Crippen LogP contribution in [0.5, 0.6) is 17.4 Å². The van der Waals surface area contributed by atoms with Gasteiger partial charge in [-0.25, -0.2) is 0 Å². The largest absolute Gasteiger partial charge is 0.497 e. The predicted molar refractivity (Wildman–Crippen MR) is 86.2 cm³/mol. The molecule has 0 amide bonds. The van der Waals surface area contributed by atoms with Gasteiger partial charge in [-0.1, -0.05) is 25.8 Å². The van der Waals surface area contributed by atoms with Crippen molar-refractivity contribution >= 4 is 5.69 Å². The van der Waals surface area contributed by atoms with E-state index in [1.807, 2.05) is 22.8 Å². The smallest absolute Gasteiger partial charge is 0.224 e. The summed E-state index contributed by atoms with van der Waals surface area (Å²) in [4.78, 5) is 0. The first kappa shape index (κ1) is 15.8. The molecular formula is C17H21N3O2. The lowest BCUT2D eigenvalue weighted by Gasteiger charge is -2.12. The van der Waals surface area contributed by atoms with E-state index in [4.69, 9.17) is 15.2 Å². The Kier molecular flexibility index (Phi) is 5.31. The standard InChI is InChI=1S/C17H21N3O2/c1-3-4-5-9-20-13(12-18)10-16(19)17(20)22-15-8-6-7-14(11-15)21-2/h6-8,10-11H,3-5,9,19H2,1-2H3. The molecule has 0 bridgehead atoms. The van der Waals surface area contributed by atoms with E-state index < -0.39 is 0 Å². The van der Waals surface area contributed by atoms with E-state index in [0.717, 1.165) is 19.3 Å². The fraction of sp³-hybridized carbons (Fsp3) is 0.353. The molecule has 0 aliphatic rings. The van der Waals surface area contributed by atoms with Crippen LogP contribution >= 0.6 is 0 Å². The molecule has 1 aromatic carbocycles. The molecule has 1 aromatic heterocycles. The highest BCUT2D eigenvalue weighted by molar-refractivity contribution is 5.56. The molecule has 5 heteroatoms. The average Bonchev–Trinajstić information content (AvgIpc) is 2.84. The summed E-state index contributed by atoms with van der Waals surface area (Å²) in [5.41, 5.74) is 7.00. The van der Waals surface area contributed by atoms with Gasteiger partial charge in [-0.2, -0.15) is 5.26 Å². The lowest BCUT2D eigenvalue weighted by Crippen LogP contribution is -2.04. The Hall–Kier alpha value is -2.61. The van der Waals surface area contributed by atoms with Crippen molar-refractivity contribution in [3.8, 4) is 23.4 Å². The van der Waals surface area contributed by atoms with Crippen LogP contribution in [0.3, 0.4) is 0 Å². The molecule has 0 saturated carbocycles. The third-order valence-corrected chi connectivity index (χ3v) is 3.43. The zero-order chi connectivity index (χ0) is 15.9. The fourth-order valence-corrected chi connectivity index (χ4v) is 2.28. The number of nitrogens with two attached hydrogens (primary N) is 1. The first-order valence-corrected chi connectivity index (χ1v) is 7.40. The predicted octanol–water partition coefficient (Wildman–Crippen LogP) is 3.93. The maximum atomic E-state index is 9.26. The molecule has 2 N–H and O–H groups in total. The Labute approximate surface area is 130 Å². The SMILES string of the molecule is CCCCCn1c(C#N)cc(N)c1Oc1cccc(OC)c1. The van der Waals surface area contributed by atoms with Gasteiger partial charge >= 0.3 is 0 Å². The van der Waals surface area contributed by atoms with E-state index >= 15 is 0 Å². The van der Waals surface area contributed by atoms with Gasteiger partial charge in [0.1, 0.15) is 23.3 Å². The van der Waals surface area contributed by atoms with Crippen LogP contribution in [0.1, 0.15) is 31.9 Å². The number of benzene rings is 1. The van der Waals surface area contributed by atoms with Gasteiger partial charge in [0.25, 0.3) is 0 Å². The van der Waals surface area contributed by atoms with Gasteiger partial charge in [0.15, 0.2) is 0 Å². The lowest BCUT2D eigenvalue weighted by atomic mass is 10.2. The number of hydrogen-bond donors (Lipinski definition) is 1. The van der Waals surface area contributed by atoms with Crippen molar-refractivity contribution in [3.05, 3.63) is 36.0 Å². The maximum absolute atomic E-state index is 9.26. The summed E-state index contributed by atoms with van der Waals surface area (Å²) in [7, 11) is 1.61. The Bertz CT molecular complexity index is 671. The Morgan fingerprint density at radius 1 is 1.23 bits per heavy atom. The minimum absolute atomic E-state index is 0.468. The highest BCUT2D eigenvalue weighted by Gasteiger charge is 2.15. The Morgan fingerprint density at radius 3 is 2.68 bits per heavy atom. The second kappa shape index (κ2) is 7.41. The number of aromatic nitrogens is 1. The molecule has 0 fully saturated rings. The second-order valence-electron chi connectivity index (χ2n) is 5.04. The number of nitrogen functional groups attached to an aromatic ring is 1. The first-order chi connectivity index (χ1) is 10.7. The average molecular weight is 299 g/mol. The van der Waals surface area contributed by atoms with Crippen molar-refractivity contribution in [2.45, 2.75) is 32.7 Å². The van der Waals surface area contributed by atoms with Gasteiger partial charge in [-0.05, 0) is 18.6 Å². The third-order valence-electron chi connectivity index (χ3n) is 3.43. The van der Waals surface area contributed by atoms with Crippen LogP contribution in [-0.2, 0) is 6.54 Å². The molecule has 1 heterocycles. The van der Waals surface area contributed by atoms with Gasteiger partial charge in [-0.3, -0.25) is 0 Å². The minimum Gasteiger partial charge on any atom is -0.497 e. The maximum Gasteiger partial charge on any atom is 0.224 e. The van der Waals surface area contributed by atoms with Gasteiger partial charge in [0, 0.05) is 18.7 Å². The molecule has 0 aliphatic heterocycles. The van der Waals surface area contributed by atoms with Crippen molar-refractivity contribution in [1.29, 1.82) is 5.26 Å². The first-order valence-electron chi connectivity index (χ1n) is 7.40. The van der Waals surface area contributed by atoms with E-state index in [0.29, 0.717) is 35.3 Å². The van der Waals surface area contributed by atoms with Crippen LogP contribution in [-0.4, -0.2) is 11.7 Å². The molecule has 0 spiro atoms. The van der Waals surface area contributed by atoms with Crippen LogP contribution in [0.4, 0.5) is 5.69 Å². The Balaban J connectivity index is 2.28. The number of ether oxygens (including phenoxy) is 2. The molecule has 0 unspecified atom stereocenters. The number of nitriles is 1. The summed E-state index contributed by atoms with van der Waals surface area (Å²) in [6, 6.07) is 11.1. The normalized spacial score (nSPS) is 10.2. The summed E-state index contributed by atoms with van der Waals surface area (Å²) >= 11 is 0. The van der Waals surface area contributed by atoms with Gasteiger partial charge in [0.05, 0.1) is 12.8 Å². The zero-order valence-electron chi connectivity index (χ0n) is 13.0. The van der Waals surface area contributed by atoms with Crippen LogP contribution in [0.15, 0.2) is 30.3 Å².